The summed E-state index contributed by atoms with van der Waals surface area (Å²) in [5, 5.41) is -6.88. The van der Waals surface area contributed by atoms with Crippen molar-refractivity contribution in [3.05, 3.63) is 10.5 Å². The molecule has 1 aliphatic rings. The van der Waals surface area contributed by atoms with Crippen LogP contribution in [0.2, 0.25) is 0 Å². The minimum Gasteiger partial charge on any atom is -0.293 e. The average Bonchev–Trinajstić information content (AvgIpc) is 2.72. The third-order valence-electron chi connectivity index (χ3n) is 4.10. The van der Waals surface area contributed by atoms with Crippen molar-refractivity contribution in [2.24, 2.45) is 11.8 Å². The molecule has 1 aliphatic carbocycles. The summed E-state index contributed by atoms with van der Waals surface area (Å²) in [6.07, 6.45) is -7.82. The molecule has 26 heavy (non-hydrogen) atoms. The van der Waals surface area contributed by atoms with Gasteiger partial charge in [-0.15, -0.1) is 0 Å². The van der Waals surface area contributed by atoms with Gasteiger partial charge in [0.2, 0.25) is 0 Å². The number of ketones is 1. The lowest BCUT2D eigenvalue weighted by Crippen LogP contribution is -2.63. The number of sulfone groups is 1. The normalized spacial score (nSPS) is 21.1. The summed E-state index contributed by atoms with van der Waals surface area (Å²) < 4.78 is 140. The van der Waals surface area contributed by atoms with Crippen LogP contribution >= 0.6 is 0 Å². The van der Waals surface area contributed by atoms with Crippen molar-refractivity contribution < 1.29 is 52.7 Å². The minimum atomic E-state index is -7.36. The Kier molecular flexibility index (Phi) is 5.37. The fraction of sp³-hybridized carbons (Fsp3) is 0.769. The van der Waals surface area contributed by atoms with Crippen LogP contribution in [0.3, 0.4) is 0 Å². The first-order valence-electron chi connectivity index (χ1n) is 6.94. The number of carbonyl (C=O) groups is 1. The molecule has 152 valence electrons. The Balaban J connectivity index is 3.64. The molecule has 0 amide bonds. The number of hydrogen-bond donors (Lipinski definition) is 0. The van der Waals surface area contributed by atoms with Gasteiger partial charge in [0.15, 0.2) is 5.78 Å². The minimum absolute atomic E-state index is 0.502. The summed E-state index contributed by atoms with van der Waals surface area (Å²) in [6.45, 7) is 3.74. The van der Waals surface area contributed by atoms with E-state index in [1.54, 1.807) is 0 Å². The number of carbonyl (C=O) groups excluding carboxylic acids is 1. The first kappa shape index (κ1) is 22.8. The predicted molar refractivity (Wildman–Crippen MR) is 70.5 cm³/mol. The summed E-state index contributed by atoms with van der Waals surface area (Å²) in [6, 6.07) is 0. The molecule has 0 bridgehead atoms. The van der Waals surface area contributed by atoms with E-state index in [9.17, 15) is 52.7 Å². The van der Waals surface area contributed by atoms with E-state index in [-0.39, 0.29) is 0 Å². The van der Waals surface area contributed by atoms with Crippen molar-refractivity contribution in [3.63, 3.8) is 0 Å². The highest BCUT2D eigenvalue weighted by Crippen LogP contribution is 2.56. The Hall–Kier alpha value is -1.27. The summed E-state index contributed by atoms with van der Waals surface area (Å²) in [5.74, 6) is -17.7. The van der Waals surface area contributed by atoms with Gasteiger partial charge in [-0.2, -0.15) is 39.5 Å². The van der Waals surface area contributed by atoms with Gasteiger partial charge in [-0.05, 0) is 24.3 Å². The van der Waals surface area contributed by atoms with Gasteiger partial charge in [0.05, 0.1) is 0 Å². The van der Waals surface area contributed by atoms with Crippen LogP contribution in [0.5, 0.6) is 0 Å². The number of allylic oxidation sites excluding steroid dienone is 2. The van der Waals surface area contributed by atoms with Crippen molar-refractivity contribution in [2.45, 2.75) is 50.5 Å². The maximum atomic E-state index is 13.8. The van der Waals surface area contributed by atoms with Crippen LogP contribution in [-0.4, -0.2) is 37.5 Å². The molecule has 1 atom stereocenters. The standard InChI is InChI=1S/C13H13F9O3S/c1-5(2)7-4-8(23)9(6(7)3)26(24,25)13(21,22)11(16,17)10(14,15)12(18,19)20/h5,7H,4H2,1-3H3/t7-/m1/s1. The third kappa shape index (κ3) is 2.91. The Bertz CT molecular complexity index is 732. The van der Waals surface area contributed by atoms with Crippen LogP contribution in [0.4, 0.5) is 39.5 Å². The van der Waals surface area contributed by atoms with Gasteiger partial charge in [-0.25, -0.2) is 8.42 Å². The first-order chi connectivity index (χ1) is 11.2. The average molecular weight is 420 g/mol. The molecule has 13 heteroatoms. The number of alkyl halides is 9. The van der Waals surface area contributed by atoms with E-state index in [2.05, 4.69) is 0 Å². The van der Waals surface area contributed by atoms with Crippen LogP contribution in [0.25, 0.3) is 0 Å². The van der Waals surface area contributed by atoms with Crippen molar-refractivity contribution in [1.29, 1.82) is 0 Å². The second-order valence-corrected chi connectivity index (χ2v) is 8.08. The molecular weight excluding hydrogens is 407 g/mol. The van der Waals surface area contributed by atoms with Crippen LogP contribution < -0.4 is 0 Å². The summed E-state index contributed by atoms with van der Waals surface area (Å²) in [7, 11) is -6.84. The maximum absolute atomic E-state index is 13.8. The summed E-state index contributed by atoms with van der Waals surface area (Å²) in [5.41, 5.74) is -0.587. The van der Waals surface area contributed by atoms with E-state index < -0.39 is 67.6 Å². The van der Waals surface area contributed by atoms with Crippen molar-refractivity contribution in [1.82, 2.24) is 0 Å². The fourth-order valence-electron chi connectivity index (χ4n) is 2.59. The highest BCUT2D eigenvalue weighted by Gasteiger charge is 2.85. The second-order valence-electron chi connectivity index (χ2n) is 6.16. The van der Waals surface area contributed by atoms with E-state index in [4.69, 9.17) is 0 Å². The smallest absolute Gasteiger partial charge is 0.293 e. The van der Waals surface area contributed by atoms with Crippen molar-refractivity contribution in [2.75, 3.05) is 0 Å². The lowest BCUT2D eigenvalue weighted by atomic mass is 9.90. The van der Waals surface area contributed by atoms with E-state index in [0.29, 0.717) is 0 Å². The molecule has 0 N–H and O–H groups in total. The molecule has 0 spiro atoms. The van der Waals surface area contributed by atoms with Gasteiger partial charge in [-0.1, -0.05) is 13.8 Å². The molecule has 0 unspecified atom stereocenters. The van der Waals surface area contributed by atoms with E-state index in [1.165, 1.54) is 13.8 Å². The molecule has 0 aromatic rings. The van der Waals surface area contributed by atoms with E-state index in [1.807, 2.05) is 0 Å². The molecule has 0 aliphatic heterocycles. The van der Waals surface area contributed by atoms with Crippen LogP contribution in [0.15, 0.2) is 10.5 Å². The number of hydrogen-bond acceptors (Lipinski definition) is 3. The van der Waals surface area contributed by atoms with Crippen molar-refractivity contribution in [3.8, 4) is 0 Å². The zero-order valence-corrected chi connectivity index (χ0v) is 14.2. The molecule has 0 aromatic heterocycles. The largest absolute Gasteiger partial charge is 0.460 e. The number of Topliss-reactive ketones (excluding diaryl/α,β-unsaturated/α-hetero) is 1. The Morgan fingerprint density at radius 2 is 1.35 bits per heavy atom. The molecule has 1 rings (SSSR count). The lowest BCUT2D eigenvalue weighted by molar-refractivity contribution is -0.382. The number of rotatable bonds is 5. The van der Waals surface area contributed by atoms with Gasteiger partial charge >= 0.3 is 23.3 Å². The number of halogens is 9. The van der Waals surface area contributed by atoms with Crippen LogP contribution in [0.1, 0.15) is 27.2 Å². The topological polar surface area (TPSA) is 51.2 Å². The maximum Gasteiger partial charge on any atom is 0.460 e. The summed E-state index contributed by atoms with van der Waals surface area (Å²) >= 11 is 0. The Morgan fingerprint density at radius 1 is 0.923 bits per heavy atom. The SMILES string of the molecule is CC1=C(S(=O)(=O)C(F)(F)C(F)(F)C(F)(F)C(F)(F)F)C(=O)C[C@@H]1C(C)C. The quantitative estimate of drug-likeness (QED) is 0.622. The molecule has 0 radical (unpaired) electrons. The van der Waals surface area contributed by atoms with Gasteiger partial charge in [-0.3, -0.25) is 4.79 Å². The zero-order valence-electron chi connectivity index (χ0n) is 13.4. The van der Waals surface area contributed by atoms with Gasteiger partial charge < -0.3 is 0 Å². The third-order valence-corrected chi connectivity index (χ3v) is 6.12. The molecular formula is C13H13F9O3S. The molecule has 0 fully saturated rings. The van der Waals surface area contributed by atoms with Gasteiger partial charge in [0.25, 0.3) is 9.84 Å². The first-order valence-corrected chi connectivity index (χ1v) is 8.42. The van der Waals surface area contributed by atoms with Crippen LogP contribution in [0, 0.1) is 11.8 Å². The predicted octanol–water partition coefficient (Wildman–Crippen LogP) is 4.35. The lowest BCUT2D eigenvalue weighted by Gasteiger charge is -2.33. The van der Waals surface area contributed by atoms with Crippen LogP contribution in [-0.2, 0) is 14.6 Å². The van der Waals surface area contributed by atoms with Gasteiger partial charge in [0.1, 0.15) is 4.91 Å². The molecule has 0 saturated carbocycles. The second kappa shape index (κ2) is 6.13. The summed E-state index contributed by atoms with van der Waals surface area (Å²) in [4.78, 5) is 9.89. The van der Waals surface area contributed by atoms with Gasteiger partial charge in [0, 0.05) is 6.42 Å². The highest BCUT2D eigenvalue weighted by atomic mass is 32.2. The zero-order chi connectivity index (χ0) is 21.1. The fourth-order valence-corrected chi connectivity index (χ4v) is 4.27. The highest BCUT2D eigenvalue weighted by molar-refractivity contribution is 7.97. The Morgan fingerprint density at radius 3 is 1.65 bits per heavy atom. The van der Waals surface area contributed by atoms with E-state index in [0.717, 1.165) is 6.92 Å². The molecule has 0 heterocycles. The molecule has 3 nitrogen and oxygen atoms in total. The molecule has 0 saturated heterocycles. The molecule has 0 aromatic carbocycles. The Labute approximate surface area is 142 Å². The monoisotopic (exact) mass is 420 g/mol. The van der Waals surface area contributed by atoms with Crippen molar-refractivity contribution >= 4 is 15.6 Å². The van der Waals surface area contributed by atoms with E-state index >= 15 is 0 Å².